The maximum Gasteiger partial charge on any atom is 0.261 e. The molecule has 0 atom stereocenters. The molecular weight excluding hydrogens is 436 g/mol. The molecule has 0 spiro atoms. The third-order valence-electron chi connectivity index (χ3n) is 4.49. The minimum absolute atomic E-state index is 0.0245. The molecule has 0 aromatic heterocycles. The van der Waals surface area contributed by atoms with Crippen LogP contribution in [-0.2, 0) is 20.0 Å². The number of hydrogen-bond donors (Lipinski definition) is 2. The molecule has 0 bridgehead atoms. The number of ether oxygens (including phenoxy) is 1. The van der Waals surface area contributed by atoms with Gasteiger partial charge in [-0.25, -0.2) is 16.8 Å². The molecule has 2 N–H and O–H groups in total. The second-order valence-electron chi connectivity index (χ2n) is 6.96. The van der Waals surface area contributed by atoms with Gasteiger partial charge in [-0.15, -0.1) is 0 Å². The Morgan fingerprint density at radius 3 is 1.84 bits per heavy atom. The monoisotopic (exact) mass is 460 g/mol. The first kappa shape index (κ1) is 22.6. The number of benzene rings is 3. The quantitative estimate of drug-likeness (QED) is 0.522. The molecule has 0 unspecified atom stereocenters. The van der Waals surface area contributed by atoms with Crippen molar-refractivity contribution in [2.24, 2.45) is 0 Å². The summed E-state index contributed by atoms with van der Waals surface area (Å²) in [6.07, 6.45) is 0. The molecule has 3 aromatic rings. The van der Waals surface area contributed by atoms with Gasteiger partial charge in [-0.3, -0.25) is 9.44 Å². The Morgan fingerprint density at radius 2 is 1.29 bits per heavy atom. The summed E-state index contributed by atoms with van der Waals surface area (Å²) in [6, 6.07) is 17.0. The van der Waals surface area contributed by atoms with Gasteiger partial charge in [-0.1, -0.05) is 17.7 Å². The van der Waals surface area contributed by atoms with Crippen LogP contribution in [0.2, 0.25) is 0 Å². The van der Waals surface area contributed by atoms with Crippen LogP contribution in [-0.4, -0.2) is 23.4 Å². The van der Waals surface area contributed by atoms with E-state index in [9.17, 15) is 16.8 Å². The van der Waals surface area contributed by atoms with Gasteiger partial charge in [-0.2, -0.15) is 0 Å². The number of sulfonamides is 2. The third kappa shape index (κ3) is 5.56. The molecule has 0 aliphatic heterocycles. The largest absolute Gasteiger partial charge is 0.494 e. The van der Waals surface area contributed by atoms with Crippen LogP contribution in [0.1, 0.15) is 18.1 Å². The molecule has 0 saturated heterocycles. The van der Waals surface area contributed by atoms with E-state index in [0.29, 0.717) is 18.0 Å². The summed E-state index contributed by atoms with van der Waals surface area (Å²) in [7, 11) is -7.63. The van der Waals surface area contributed by atoms with Crippen molar-refractivity contribution in [3.8, 4) is 5.75 Å². The van der Waals surface area contributed by atoms with Crippen LogP contribution in [0.25, 0.3) is 0 Å². The van der Waals surface area contributed by atoms with E-state index in [1.54, 1.807) is 18.2 Å². The van der Waals surface area contributed by atoms with Crippen molar-refractivity contribution in [3.63, 3.8) is 0 Å². The maximum absolute atomic E-state index is 12.7. The second kappa shape index (κ2) is 8.99. The zero-order chi connectivity index (χ0) is 22.6. The predicted octanol–water partition coefficient (Wildman–Crippen LogP) is 4.30. The van der Waals surface area contributed by atoms with E-state index in [1.807, 2.05) is 32.9 Å². The van der Waals surface area contributed by atoms with Crippen molar-refractivity contribution in [2.45, 2.75) is 30.6 Å². The average Bonchev–Trinajstić information content (AvgIpc) is 2.71. The number of hydrogen-bond acceptors (Lipinski definition) is 5. The van der Waals surface area contributed by atoms with Crippen molar-refractivity contribution in [2.75, 3.05) is 16.1 Å². The fourth-order valence-corrected chi connectivity index (χ4v) is 5.12. The molecule has 0 heterocycles. The zero-order valence-electron chi connectivity index (χ0n) is 17.4. The average molecular weight is 461 g/mol. The van der Waals surface area contributed by atoms with Crippen molar-refractivity contribution in [3.05, 3.63) is 77.9 Å². The Hall–Kier alpha value is -3.04. The molecule has 0 aliphatic carbocycles. The molecule has 3 rings (SSSR count). The predicted molar refractivity (Wildman–Crippen MR) is 122 cm³/mol. The van der Waals surface area contributed by atoms with Gasteiger partial charge in [0.1, 0.15) is 5.75 Å². The van der Waals surface area contributed by atoms with E-state index in [2.05, 4.69) is 9.44 Å². The van der Waals surface area contributed by atoms with Crippen LogP contribution in [0.15, 0.2) is 76.5 Å². The van der Waals surface area contributed by atoms with Crippen molar-refractivity contribution in [1.29, 1.82) is 0 Å². The number of rotatable bonds is 8. The van der Waals surface area contributed by atoms with Gasteiger partial charge in [-0.05, 0) is 80.9 Å². The lowest BCUT2D eigenvalue weighted by molar-refractivity contribution is 0.340. The SMILES string of the molecule is CCOc1ccc(S(=O)(=O)Nc2ccc(S(=O)(=O)Nc3ccc(C)cc3C)cc2)cc1. The molecule has 0 amide bonds. The van der Waals surface area contributed by atoms with Gasteiger partial charge in [0.2, 0.25) is 0 Å². The van der Waals surface area contributed by atoms with Crippen molar-refractivity contribution >= 4 is 31.4 Å². The Kier molecular flexibility index (Phi) is 6.56. The smallest absolute Gasteiger partial charge is 0.261 e. The van der Waals surface area contributed by atoms with Crippen LogP contribution >= 0.6 is 0 Å². The van der Waals surface area contributed by atoms with Crippen LogP contribution in [0.4, 0.5) is 11.4 Å². The highest BCUT2D eigenvalue weighted by Crippen LogP contribution is 2.23. The highest BCUT2D eigenvalue weighted by molar-refractivity contribution is 7.93. The number of anilines is 2. The second-order valence-corrected chi connectivity index (χ2v) is 10.3. The molecule has 3 aromatic carbocycles. The summed E-state index contributed by atoms with van der Waals surface area (Å²) < 4.78 is 60.8. The van der Waals surface area contributed by atoms with Gasteiger partial charge in [0.05, 0.1) is 22.1 Å². The first-order valence-electron chi connectivity index (χ1n) is 9.56. The Morgan fingerprint density at radius 1 is 0.742 bits per heavy atom. The molecule has 0 saturated carbocycles. The summed E-state index contributed by atoms with van der Waals surface area (Å²) in [5.41, 5.74) is 2.58. The lowest BCUT2D eigenvalue weighted by Crippen LogP contribution is -2.15. The first-order chi connectivity index (χ1) is 14.6. The molecule has 7 nitrogen and oxygen atoms in total. The topological polar surface area (TPSA) is 102 Å². The molecule has 0 fully saturated rings. The van der Waals surface area contributed by atoms with Crippen molar-refractivity contribution in [1.82, 2.24) is 0 Å². The van der Waals surface area contributed by atoms with Gasteiger partial charge in [0.25, 0.3) is 20.0 Å². The van der Waals surface area contributed by atoms with Gasteiger partial charge in [0, 0.05) is 5.69 Å². The minimum Gasteiger partial charge on any atom is -0.494 e. The van der Waals surface area contributed by atoms with E-state index in [-0.39, 0.29) is 15.5 Å². The number of aryl methyl sites for hydroxylation is 2. The normalized spacial score (nSPS) is 11.7. The van der Waals surface area contributed by atoms with Crippen molar-refractivity contribution < 1.29 is 21.6 Å². The molecule has 31 heavy (non-hydrogen) atoms. The van der Waals surface area contributed by atoms with E-state index >= 15 is 0 Å². The van der Waals surface area contributed by atoms with E-state index in [4.69, 9.17) is 4.74 Å². The summed E-state index contributed by atoms with van der Waals surface area (Å²) in [5.74, 6) is 0.576. The maximum atomic E-state index is 12.7. The Labute approximate surface area is 183 Å². The Balaban J connectivity index is 1.75. The number of nitrogens with one attached hydrogen (secondary N) is 2. The van der Waals surface area contributed by atoms with Gasteiger partial charge >= 0.3 is 0 Å². The standard InChI is InChI=1S/C22H24N2O5S2/c1-4-29-19-8-12-21(13-9-19)30(25,26)23-18-6-10-20(11-7-18)31(27,28)24-22-14-5-16(2)15-17(22)3/h5-15,23-24H,4H2,1-3H3. The summed E-state index contributed by atoms with van der Waals surface area (Å²) in [6.45, 7) is 6.08. The molecule has 164 valence electrons. The van der Waals surface area contributed by atoms with E-state index in [0.717, 1.165) is 11.1 Å². The van der Waals surface area contributed by atoms with Crippen LogP contribution in [0.3, 0.4) is 0 Å². The first-order valence-corrected chi connectivity index (χ1v) is 12.5. The van der Waals surface area contributed by atoms with E-state index in [1.165, 1.54) is 36.4 Å². The summed E-state index contributed by atoms with van der Waals surface area (Å²) in [5, 5.41) is 0. The van der Waals surface area contributed by atoms with Gasteiger partial charge < -0.3 is 4.74 Å². The van der Waals surface area contributed by atoms with Crippen LogP contribution in [0.5, 0.6) is 5.75 Å². The molecule has 9 heteroatoms. The summed E-state index contributed by atoms with van der Waals surface area (Å²) >= 11 is 0. The summed E-state index contributed by atoms with van der Waals surface area (Å²) in [4.78, 5) is 0.0978. The third-order valence-corrected chi connectivity index (χ3v) is 7.27. The lowest BCUT2D eigenvalue weighted by atomic mass is 10.1. The fourth-order valence-electron chi connectivity index (χ4n) is 2.93. The molecule has 0 aliphatic rings. The minimum atomic E-state index is -3.82. The fraction of sp³-hybridized carbons (Fsp3) is 0.182. The molecule has 0 radical (unpaired) electrons. The lowest BCUT2D eigenvalue weighted by Gasteiger charge is -2.12. The van der Waals surface area contributed by atoms with Gasteiger partial charge in [0.15, 0.2) is 0 Å². The van der Waals surface area contributed by atoms with Crippen LogP contribution in [0, 0.1) is 13.8 Å². The molecular formula is C22H24N2O5S2. The van der Waals surface area contributed by atoms with E-state index < -0.39 is 20.0 Å². The Bertz CT molecular complexity index is 1270. The highest BCUT2D eigenvalue weighted by atomic mass is 32.2. The highest BCUT2D eigenvalue weighted by Gasteiger charge is 2.17. The zero-order valence-corrected chi connectivity index (χ0v) is 19.0. The van der Waals surface area contributed by atoms with Crippen LogP contribution < -0.4 is 14.2 Å².